The van der Waals surface area contributed by atoms with Gasteiger partial charge in [0.05, 0.1) is 30.2 Å². The van der Waals surface area contributed by atoms with Crippen molar-refractivity contribution in [1.29, 1.82) is 0 Å². The molecule has 4 heterocycles. The predicted molar refractivity (Wildman–Crippen MR) is 104 cm³/mol. The number of hydrogen-bond acceptors (Lipinski definition) is 6. The number of carboxylic acids is 1. The van der Waals surface area contributed by atoms with Gasteiger partial charge in [0.2, 0.25) is 5.88 Å². The number of aryl methyl sites for hydroxylation is 1. The summed E-state index contributed by atoms with van der Waals surface area (Å²) < 4.78 is 5.66. The maximum atomic E-state index is 12.9. The number of aliphatic carboxylic acids is 1. The highest BCUT2D eigenvalue weighted by molar-refractivity contribution is 8.00. The van der Waals surface area contributed by atoms with E-state index in [9.17, 15) is 14.7 Å². The topological polar surface area (TPSA) is 105 Å². The fraction of sp³-hybridized carbons (Fsp3) is 0.368. The number of aromatic nitrogens is 2. The Balaban J connectivity index is 1.73. The lowest BCUT2D eigenvalue weighted by Crippen LogP contribution is -2.47. The molecule has 4 rings (SSSR count). The van der Waals surface area contributed by atoms with Crippen molar-refractivity contribution < 1.29 is 19.4 Å². The summed E-state index contributed by atoms with van der Waals surface area (Å²) in [4.78, 5) is 34.7. The van der Waals surface area contributed by atoms with Crippen LogP contribution in [0.1, 0.15) is 31.0 Å². The van der Waals surface area contributed by atoms with E-state index in [1.807, 2.05) is 6.92 Å². The molecule has 28 heavy (non-hydrogen) atoms. The van der Waals surface area contributed by atoms with Crippen molar-refractivity contribution in [2.24, 2.45) is 5.92 Å². The van der Waals surface area contributed by atoms with Crippen LogP contribution < -0.4 is 15.0 Å². The molecule has 0 aliphatic carbocycles. The Labute approximate surface area is 166 Å². The molecule has 0 spiro atoms. The number of nitrogens with zero attached hydrogens (tertiary/aromatic N) is 3. The van der Waals surface area contributed by atoms with Gasteiger partial charge in [-0.2, -0.15) is 0 Å². The maximum Gasteiger partial charge on any atom is 0.327 e. The molecule has 2 aromatic heterocycles. The summed E-state index contributed by atoms with van der Waals surface area (Å²) in [5.41, 5.74) is 2.81. The second-order valence-corrected chi connectivity index (χ2v) is 8.33. The SMILES string of the molecule is Cc1cc(OCC(C)C)ncc1N1C(=O)NC2c3c1ccnc3SC2C(=O)O. The van der Waals surface area contributed by atoms with Crippen molar-refractivity contribution >= 4 is 35.1 Å². The van der Waals surface area contributed by atoms with Crippen LogP contribution in [0.25, 0.3) is 0 Å². The third-order valence-electron chi connectivity index (χ3n) is 4.61. The van der Waals surface area contributed by atoms with Gasteiger partial charge in [0.1, 0.15) is 10.3 Å². The van der Waals surface area contributed by atoms with Crippen LogP contribution in [0, 0.1) is 12.8 Å². The van der Waals surface area contributed by atoms with Crippen molar-refractivity contribution in [3.63, 3.8) is 0 Å². The number of pyridine rings is 2. The van der Waals surface area contributed by atoms with Gasteiger partial charge < -0.3 is 15.2 Å². The van der Waals surface area contributed by atoms with Gasteiger partial charge in [-0.05, 0) is 24.5 Å². The van der Waals surface area contributed by atoms with Crippen molar-refractivity contribution in [3.05, 3.63) is 35.7 Å². The fourth-order valence-electron chi connectivity index (χ4n) is 3.34. The van der Waals surface area contributed by atoms with Gasteiger partial charge >= 0.3 is 12.0 Å². The normalized spacial score (nSPS) is 20.1. The summed E-state index contributed by atoms with van der Waals surface area (Å²) in [5, 5.41) is 12.2. The van der Waals surface area contributed by atoms with Gasteiger partial charge in [-0.3, -0.25) is 9.69 Å². The molecular weight excluding hydrogens is 380 g/mol. The lowest BCUT2D eigenvalue weighted by molar-refractivity contribution is -0.136. The summed E-state index contributed by atoms with van der Waals surface area (Å²) in [5.74, 6) is -0.0884. The van der Waals surface area contributed by atoms with Crippen LogP contribution in [-0.4, -0.2) is 38.9 Å². The number of ether oxygens (including phenoxy) is 1. The zero-order chi connectivity index (χ0) is 20.0. The number of hydrogen-bond donors (Lipinski definition) is 2. The van der Waals surface area contributed by atoms with Crippen molar-refractivity contribution in [3.8, 4) is 5.88 Å². The van der Waals surface area contributed by atoms with Gasteiger partial charge in [-0.25, -0.2) is 14.8 Å². The highest BCUT2D eigenvalue weighted by Crippen LogP contribution is 2.50. The first-order chi connectivity index (χ1) is 13.4. The number of urea groups is 1. The largest absolute Gasteiger partial charge is 0.480 e. The summed E-state index contributed by atoms with van der Waals surface area (Å²) >= 11 is 1.16. The number of rotatable bonds is 5. The van der Waals surface area contributed by atoms with Crippen LogP contribution in [0.15, 0.2) is 29.6 Å². The highest BCUT2D eigenvalue weighted by Gasteiger charge is 2.46. The number of thioether (sulfide) groups is 1. The minimum absolute atomic E-state index is 0.380. The smallest absolute Gasteiger partial charge is 0.327 e. The molecule has 0 fully saturated rings. The Hall–Kier alpha value is -2.81. The van der Waals surface area contributed by atoms with E-state index in [1.165, 1.54) is 4.90 Å². The Morgan fingerprint density at radius 3 is 2.86 bits per heavy atom. The molecule has 9 heteroatoms. The van der Waals surface area contributed by atoms with E-state index in [-0.39, 0.29) is 6.03 Å². The number of carboxylic acid groups (broad SMARTS) is 1. The van der Waals surface area contributed by atoms with Gasteiger partial charge in [0.15, 0.2) is 0 Å². The van der Waals surface area contributed by atoms with E-state index >= 15 is 0 Å². The monoisotopic (exact) mass is 400 g/mol. The van der Waals surface area contributed by atoms with Crippen LogP contribution >= 0.6 is 11.8 Å². The molecule has 8 nitrogen and oxygen atoms in total. The van der Waals surface area contributed by atoms with Gasteiger partial charge in [-0.15, -0.1) is 0 Å². The maximum absolute atomic E-state index is 12.9. The molecule has 2 aliphatic heterocycles. The fourth-order valence-corrected chi connectivity index (χ4v) is 4.50. The third-order valence-corrected chi connectivity index (χ3v) is 5.89. The van der Waals surface area contributed by atoms with Crippen LogP contribution in [0.4, 0.5) is 16.2 Å². The molecule has 0 aromatic carbocycles. The quantitative estimate of drug-likeness (QED) is 0.793. The number of carbonyl (C=O) groups is 2. The van der Waals surface area contributed by atoms with Crippen LogP contribution in [0.3, 0.4) is 0 Å². The lowest BCUT2D eigenvalue weighted by atomic mass is 10.0. The van der Waals surface area contributed by atoms with E-state index < -0.39 is 17.3 Å². The molecule has 2 aliphatic rings. The Bertz CT molecular complexity index is 965. The molecule has 2 atom stereocenters. The summed E-state index contributed by atoms with van der Waals surface area (Å²) in [7, 11) is 0. The molecule has 0 saturated heterocycles. The summed E-state index contributed by atoms with van der Waals surface area (Å²) in [6.07, 6.45) is 3.20. The Morgan fingerprint density at radius 1 is 1.39 bits per heavy atom. The van der Waals surface area contributed by atoms with Crippen LogP contribution in [0.2, 0.25) is 0 Å². The number of carbonyl (C=O) groups excluding carboxylic acids is 1. The van der Waals surface area contributed by atoms with Crippen molar-refractivity contribution in [2.45, 2.75) is 37.1 Å². The first kappa shape index (κ1) is 18.5. The molecule has 146 valence electrons. The van der Waals surface area contributed by atoms with Crippen LogP contribution in [0.5, 0.6) is 5.88 Å². The van der Waals surface area contributed by atoms with Gasteiger partial charge in [0.25, 0.3) is 0 Å². The second-order valence-electron chi connectivity index (χ2n) is 7.20. The zero-order valence-electron chi connectivity index (χ0n) is 15.7. The molecule has 0 radical (unpaired) electrons. The number of amides is 2. The first-order valence-electron chi connectivity index (χ1n) is 8.95. The van der Waals surface area contributed by atoms with Gasteiger partial charge in [-0.1, -0.05) is 25.6 Å². The number of anilines is 2. The zero-order valence-corrected chi connectivity index (χ0v) is 16.5. The van der Waals surface area contributed by atoms with E-state index in [0.717, 1.165) is 22.9 Å². The molecule has 0 bridgehead atoms. The van der Waals surface area contributed by atoms with Gasteiger partial charge in [0, 0.05) is 17.8 Å². The van der Waals surface area contributed by atoms with E-state index in [4.69, 9.17) is 4.74 Å². The predicted octanol–water partition coefficient (Wildman–Crippen LogP) is 3.28. The van der Waals surface area contributed by atoms with E-state index in [2.05, 4.69) is 29.1 Å². The molecule has 2 aromatic rings. The Morgan fingerprint density at radius 2 is 2.18 bits per heavy atom. The second kappa shape index (κ2) is 6.97. The van der Waals surface area contributed by atoms with Crippen molar-refractivity contribution in [2.75, 3.05) is 11.5 Å². The molecule has 0 saturated carbocycles. The standard InChI is InChI=1S/C19H20N4O4S/c1-9(2)8-27-13-6-10(3)12(7-21-13)23-11-4-5-20-17-14(11)15(22-19(23)26)16(28-17)18(24)25/h4-7,9,15-16H,8H2,1-3H3,(H,22,26)(H,24,25). The minimum Gasteiger partial charge on any atom is -0.480 e. The molecular formula is C19H20N4O4S. The highest BCUT2D eigenvalue weighted by atomic mass is 32.2. The summed E-state index contributed by atoms with van der Waals surface area (Å²) in [6.45, 7) is 6.56. The first-order valence-corrected chi connectivity index (χ1v) is 9.83. The van der Waals surface area contributed by atoms with E-state index in [0.29, 0.717) is 34.8 Å². The van der Waals surface area contributed by atoms with Crippen molar-refractivity contribution in [1.82, 2.24) is 15.3 Å². The average molecular weight is 400 g/mol. The Kier molecular flexibility index (Phi) is 4.62. The molecule has 2 N–H and O–H groups in total. The third kappa shape index (κ3) is 3.05. The van der Waals surface area contributed by atoms with Crippen LogP contribution in [-0.2, 0) is 4.79 Å². The minimum atomic E-state index is -0.975. The van der Waals surface area contributed by atoms with E-state index in [1.54, 1.807) is 24.5 Å². The lowest BCUT2D eigenvalue weighted by Gasteiger charge is -2.34. The molecule has 2 unspecified atom stereocenters. The average Bonchev–Trinajstić information content (AvgIpc) is 3.01. The number of nitrogens with one attached hydrogen (secondary N) is 1. The summed E-state index contributed by atoms with van der Waals surface area (Å²) in [6, 6.07) is 2.54. The molecule has 2 amide bonds.